The molecule has 96 valence electrons. The molecule has 0 radical (unpaired) electrons. The van der Waals surface area contributed by atoms with Crippen LogP contribution in [-0.4, -0.2) is 12.1 Å². The Morgan fingerprint density at radius 3 is 1.84 bits per heavy atom. The molecular formula is C17H16O2. The van der Waals surface area contributed by atoms with Crippen LogP contribution in [0.25, 0.3) is 6.08 Å². The SMILES string of the molecule is CC(=O)c1ccccc1.O=C/C=C\c1ccccc1. The average Bonchev–Trinajstić information content (AvgIpc) is 2.48. The van der Waals surface area contributed by atoms with Gasteiger partial charge < -0.3 is 0 Å². The molecule has 0 saturated heterocycles. The van der Waals surface area contributed by atoms with E-state index >= 15 is 0 Å². The van der Waals surface area contributed by atoms with Gasteiger partial charge in [-0.25, -0.2) is 0 Å². The van der Waals surface area contributed by atoms with Crippen molar-refractivity contribution in [2.24, 2.45) is 0 Å². The van der Waals surface area contributed by atoms with E-state index in [2.05, 4.69) is 0 Å². The number of carbonyl (C=O) groups excluding carboxylic acids is 2. The minimum Gasteiger partial charge on any atom is -0.299 e. The van der Waals surface area contributed by atoms with Gasteiger partial charge >= 0.3 is 0 Å². The van der Waals surface area contributed by atoms with Gasteiger partial charge in [0.1, 0.15) is 6.29 Å². The smallest absolute Gasteiger partial charge is 0.159 e. The van der Waals surface area contributed by atoms with Gasteiger partial charge in [-0.05, 0) is 18.6 Å². The van der Waals surface area contributed by atoms with Gasteiger partial charge in [0.05, 0.1) is 0 Å². The lowest BCUT2D eigenvalue weighted by Gasteiger charge is -1.89. The van der Waals surface area contributed by atoms with Gasteiger partial charge in [-0.1, -0.05) is 66.7 Å². The maximum atomic E-state index is 10.6. The van der Waals surface area contributed by atoms with E-state index in [0.29, 0.717) is 0 Å². The highest BCUT2D eigenvalue weighted by molar-refractivity contribution is 5.93. The lowest BCUT2D eigenvalue weighted by molar-refractivity contribution is -0.104. The molecule has 2 nitrogen and oxygen atoms in total. The topological polar surface area (TPSA) is 34.1 Å². The molecule has 2 aromatic rings. The Balaban J connectivity index is 0.000000191. The molecule has 0 amide bonds. The highest BCUT2D eigenvalue weighted by Gasteiger charge is 1.92. The van der Waals surface area contributed by atoms with Crippen molar-refractivity contribution in [2.75, 3.05) is 0 Å². The third kappa shape index (κ3) is 6.13. The Labute approximate surface area is 113 Å². The second kappa shape index (κ2) is 8.59. The van der Waals surface area contributed by atoms with Crippen molar-refractivity contribution in [1.29, 1.82) is 0 Å². The van der Waals surface area contributed by atoms with E-state index in [1.165, 1.54) is 6.08 Å². The Kier molecular flexibility index (Phi) is 6.59. The number of Topliss-reactive ketones (excluding diaryl/α,β-unsaturated/α-hetero) is 1. The molecule has 0 aliphatic carbocycles. The Hall–Kier alpha value is -2.48. The lowest BCUT2D eigenvalue weighted by atomic mass is 10.2. The summed E-state index contributed by atoms with van der Waals surface area (Å²) in [4.78, 5) is 20.5. The molecule has 0 atom stereocenters. The summed E-state index contributed by atoms with van der Waals surface area (Å²) in [6.07, 6.45) is 4.02. The Morgan fingerprint density at radius 1 is 0.895 bits per heavy atom. The first-order valence-electron chi connectivity index (χ1n) is 5.97. The minimum absolute atomic E-state index is 0.121. The summed E-state index contributed by atoms with van der Waals surface area (Å²) in [5.41, 5.74) is 1.83. The monoisotopic (exact) mass is 252 g/mol. The van der Waals surface area contributed by atoms with Gasteiger partial charge in [0.25, 0.3) is 0 Å². The van der Waals surface area contributed by atoms with Crippen molar-refractivity contribution in [2.45, 2.75) is 6.92 Å². The van der Waals surface area contributed by atoms with E-state index < -0.39 is 0 Å². The van der Waals surface area contributed by atoms with Gasteiger partial charge in [-0.2, -0.15) is 0 Å². The molecule has 0 spiro atoms. The van der Waals surface area contributed by atoms with E-state index in [-0.39, 0.29) is 5.78 Å². The molecule has 0 N–H and O–H groups in total. The predicted molar refractivity (Wildman–Crippen MR) is 78.0 cm³/mol. The van der Waals surface area contributed by atoms with Crippen molar-refractivity contribution in [3.8, 4) is 0 Å². The quantitative estimate of drug-likeness (QED) is 0.473. The highest BCUT2D eigenvalue weighted by Crippen LogP contribution is 1.99. The van der Waals surface area contributed by atoms with Crippen LogP contribution in [0.15, 0.2) is 66.7 Å². The number of hydrogen-bond donors (Lipinski definition) is 0. The standard InChI is InChI=1S/C9H8O.C8H8O/c10-8-4-7-9-5-2-1-3-6-9;1-7(9)8-5-3-2-4-6-8/h1-8H;2-6H,1H3/b7-4-;. The summed E-state index contributed by atoms with van der Waals surface area (Å²) in [5, 5.41) is 0. The third-order valence-electron chi connectivity index (χ3n) is 2.35. The van der Waals surface area contributed by atoms with Crippen LogP contribution in [0.3, 0.4) is 0 Å². The Bertz CT molecular complexity index is 528. The summed E-state index contributed by atoms with van der Waals surface area (Å²) in [7, 11) is 0. The van der Waals surface area contributed by atoms with Crippen LogP contribution in [0, 0.1) is 0 Å². The number of allylic oxidation sites excluding steroid dienone is 1. The van der Waals surface area contributed by atoms with Crippen LogP contribution in [0.5, 0.6) is 0 Å². The van der Waals surface area contributed by atoms with Crippen LogP contribution in [0.1, 0.15) is 22.8 Å². The second-order valence-corrected chi connectivity index (χ2v) is 3.83. The lowest BCUT2D eigenvalue weighted by Crippen LogP contribution is -1.88. The van der Waals surface area contributed by atoms with Gasteiger partial charge in [-0.15, -0.1) is 0 Å². The van der Waals surface area contributed by atoms with Gasteiger partial charge in [0.15, 0.2) is 5.78 Å². The van der Waals surface area contributed by atoms with Crippen LogP contribution in [-0.2, 0) is 4.79 Å². The van der Waals surface area contributed by atoms with Gasteiger partial charge in [0, 0.05) is 5.56 Å². The molecule has 2 aromatic carbocycles. The van der Waals surface area contributed by atoms with E-state index in [1.807, 2.05) is 60.7 Å². The number of hydrogen-bond acceptors (Lipinski definition) is 2. The molecule has 0 aromatic heterocycles. The first kappa shape index (κ1) is 14.6. The first-order chi connectivity index (χ1) is 9.24. The zero-order valence-electron chi connectivity index (χ0n) is 10.8. The largest absolute Gasteiger partial charge is 0.299 e. The van der Waals surface area contributed by atoms with E-state index in [4.69, 9.17) is 0 Å². The molecule has 2 heteroatoms. The Morgan fingerprint density at radius 2 is 1.42 bits per heavy atom. The van der Waals surface area contributed by atoms with Crippen molar-refractivity contribution < 1.29 is 9.59 Å². The van der Waals surface area contributed by atoms with Crippen molar-refractivity contribution >= 4 is 18.1 Å². The van der Waals surface area contributed by atoms with Crippen molar-refractivity contribution in [3.05, 3.63) is 77.9 Å². The summed E-state index contributed by atoms with van der Waals surface area (Å²) >= 11 is 0. The zero-order valence-corrected chi connectivity index (χ0v) is 10.8. The fraction of sp³-hybridized carbons (Fsp3) is 0.0588. The molecule has 0 aliphatic heterocycles. The van der Waals surface area contributed by atoms with Crippen molar-refractivity contribution in [1.82, 2.24) is 0 Å². The minimum atomic E-state index is 0.121. The van der Waals surface area contributed by atoms with Gasteiger partial charge in [0.2, 0.25) is 0 Å². The molecule has 0 saturated carbocycles. The number of carbonyl (C=O) groups is 2. The maximum absolute atomic E-state index is 10.6. The molecule has 0 heterocycles. The highest BCUT2D eigenvalue weighted by atomic mass is 16.1. The molecule has 0 aliphatic rings. The number of aldehydes is 1. The predicted octanol–water partition coefficient (Wildman–Crippen LogP) is 3.79. The second-order valence-electron chi connectivity index (χ2n) is 3.83. The van der Waals surface area contributed by atoms with E-state index in [9.17, 15) is 9.59 Å². The summed E-state index contributed by atoms with van der Waals surface area (Å²) in [5.74, 6) is 0.121. The van der Waals surface area contributed by atoms with E-state index in [0.717, 1.165) is 17.4 Å². The number of ketones is 1. The molecule has 19 heavy (non-hydrogen) atoms. The number of benzene rings is 2. The summed E-state index contributed by atoms with van der Waals surface area (Å²) < 4.78 is 0. The van der Waals surface area contributed by atoms with E-state index in [1.54, 1.807) is 13.0 Å². The summed E-state index contributed by atoms with van der Waals surface area (Å²) in [6.45, 7) is 1.56. The fourth-order valence-corrected chi connectivity index (χ4v) is 1.39. The normalized spacial score (nSPS) is 9.53. The zero-order chi connectivity index (χ0) is 13.9. The van der Waals surface area contributed by atoms with Crippen LogP contribution in [0.2, 0.25) is 0 Å². The number of rotatable bonds is 3. The third-order valence-corrected chi connectivity index (χ3v) is 2.35. The summed E-state index contributed by atoms with van der Waals surface area (Å²) in [6, 6.07) is 18.9. The van der Waals surface area contributed by atoms with Crippen LogP contribution >= 0.6 is 0 Å². The molecule has 0 unspecified atom stereocenters. The molecular weight excluding hydrogens is 236 g/mol. The fourth-order valence-electron chi connectivity index (χ4n) is 1.39. The molecule has 2 rings (SSSR count). The van der Waals surface area contributed by atoms with Crippen LogP contribution < -0.4 is 0 Å². The van der Waals surface area contributed by atoms with Crippen molar-refractivity contribution in [3.63, 3.8) is 0 Å². The average molecular weight is 252 g/mol. The molecule has 0 bridgehead atoms. The van der Waals surface area contributed by atoms with Crippen LogP contribution in [0.4, 0.5) is 0 Å². The first-order valence-corrected chi connectivity index (χ1v) is 5.97. The molecule has 0 fully saturated rings. The maximum Gasteiger partial charge on any atom is 0.159 e. The van der Waals surface area contributed by atoms with Gasteiger partial charge in [-0.3, -0.25) is 9.59 Å².